The molecule has 2 rings (SSSR count). The van der Waals surface area contributed by atoms with Gasteiger partial charge in [-0.2, -0.15) is 5.26 Å². The van der Waals surface area contributed by atoms with E-state index in [2.05, 4.69) is 25.1 Å². The highest BCUT2D eigenvalue weighted by Gasteiger charge is 2.30. The van der Waals surface area contributed by atoms with E-state index in [0.717, 1.165) is 30.6 Å². The van der Waals surface area contributed by atoms with Gasteiger partial charge in [-0.3, -0.25) is 0 Å². The van der Waals surface area contributed by atoms with Crippen LogP contribution < -0.4 is 0 Å². The SMILES string of the molecule is CCCC/C=C/[C@H]1CC[C@H]([C@H]2CC[C@H](C#N)CC2)CC1. The molecule has 1 heteroatoms. The van der Waals surface area contributed by atoms with Crippen LogP contribution in [0.15, 0.2) is 12.2 Å². The van der Waals surface area contributed by atoms with Gasteiger partial charge in [0.1, 0.15) is 0 Å². The van der Waals surface area contributed by atoms with Crippen molar-refractivity contribution in [2.45, 2.75) is 77.6 Å². The van der Waals surface area contributed by atoms with E-state index in [1.54, 1.807) is 0 Å². The fourth-order valence-electron chi connectivity index (χ4n) is 4.14. The van der Waals surface area contributed by atoms with Gasteiger partial charge in [0, 0.05) is 5.92 Å². The number of allylic oxidation sites excluding steroid dienone is 2. The van der Waals surface area contributed by atoms with E-state index in [1.807, 2.05) is 0 Å². The van der Waals surface area contributed by atoms with Crippen LogP contribution in [0.4, 0.5) is 0 Å². The molecule has 0 saturated heterocycles. The molecule has 0 aromatic heterocycles. The zero-order chi connectivity index (χ0) is 14.2. The summed E-state index contributed by atoms with van der Waals surface area (Å²) in [5.41, 5.74) is 0. The lowest BCUT2D eigenvalue weighted by molar-refractivity contribution is 0.168. The predicted molar refractivity (Wildman–Crippen MR) is 85.2 cm³/mol. The van der Waals surface area contributed by atoms with Gasteiger partial charge in [0.15, 0.2) is 0 Å². The first-order valence-corrected chi connectivity index (χ1v) is 8.89. The van der Waals surface area contributed by atoms with Crippen molar-refractivity contribution in [1.29, 1.82) is 5.26 Å². The Balaban J connectivity index is 1.67. The third kappa shape index (κ3) is 4.65. The molecule has 0 atom stereocenters. The summed E-state index contributed by atoms with van der Waals surface area (Å²) in [4.78, 5) is 0. The molecule has 112 valence electrons. The Morgan fingerprint density at radius 3 is 2.10 bits per heavy atom. The number of nitrogens with zero attached hydrogens (tertiary/aromatic N) is 1. The summed E-state index contributed by atoms with van der Waals surface area (Å²) >= 11 is 0. The van der Waals surface area contributed by atoms with Crippen LogP contribution in [0.3, 0.4) is 0 Å². The summed E-state index contributed by atoms with van der Waals surface area (Å²) in [6.07, 6.45) is 19.5. The van der Waals surface area contributed by atoms with E-state index in [9.17, 15) is 0 Å². The van der Waals surface area contributed by atoms with Gasteiger partial charge in [-0.05, 0) is 75.5 Å². The van der Waals surface area contributed by atoms with Crippen molar-refractivity contribution < 1.29 is 0 Å². The Bertz CT molecular complexity index is 322. The van der Waals surface area contributed by atoms with Crippen LogP contribution >= 0.6 is 0 Å². The van der Waals surface area contributed by atoms with Crippen molar-refractivity contribution in [2.75, 3.05) is 0 Å². The normalized spacial score (nSPS) is 35.0. The first kappa shape index (κ1) is 15.6. The van der Waals surface area contributed by atoms with E-state index in [1.165, 1.54) is 57.8 Å². The van der Waals surface area contributed by atoms with Gasteiger partial charge < -0.3 is 0 Å². The quantitative estimate of drug-likeness (QED) is 0.454. The Hall–Kier alpha value is -0.770. The maximum Gasteiger partial charge on any atom is 0.0655 e. The molecule has 0 aliphatic heterocycles. The third-order valence-corrected chi connectivity index (χ3v) is 5.57. The minimum absolute atomic E-state index is 0.365. The minimum Gasteiger partial charge on any atom is -0.198 e. The van der Waals surface area contributed by atoms with Crippen molar-refractivity contribution in [3.05, 3.63) is 12.2 Å². The summed E-state index contributed by atoms with van der Waals surface area (Å²) in [5, 5.41) is 8.99. The van der Waals surface area contributed by atoms with Crippen LogP contribution in [0.5, 0.6) is 0 Å². The lowest BCUT2D eigenvalue weighted by Crippen LogP contribution is -2.25. The van der Waals surface area contributed by atoms with Gasteiger partial charge in [0.05, 0.1) is 6.07 Å². The molecule has 20 heavy (non-hydrogen) atoms. The highest BCUT2D eigenvalue weighted by atomic mass is 14.4. The van der Waals surface area contributed by atoms with Crippen LogP contribution in [0, 0.1) is 35.0 Å². The van der Waals surface area contributed by atoms with Crippen molar-refractivity contribution in [2.24, 2.45) is 23.7 Å². The topological polar surface area (TPSA) is 23.8 Å². The zero-order valence-corrected chi connectivity index (χ0v) is 13.2. The molecule has 1 nitrogen and oxygen atoms in total. The van der Waals surface area contributed by atoms with Crippen molar-refractivity contribution in [1.82, 2.24) is 0 Å². The largest absolute Gasteiger partial charge is 0.198 e. The Morgan fingerprint density at radius 2 is 1.55 bits per heavy atom. The van der Waals surface area contributed by atoms with Gasteiger partial charge in [-0.1, -0.05) is 31.9 Å². The Kier molecular flexibility index (Phi) is 6.64. The molecular formula is C19H31N. The van der Waals surface area contributed by atoms with Gasteiger partial charge in [-0.25, -0.2) is 0 Å². The molecule has 2 aliphatic carbocycles. The van der Waals surface area contributed by atoms with E-state index in [0.29, 0.717) is 5.92 Å². The Morgan fingerprint density at radius 1 is 0.950 bits per heavy atom. The molecule has 2 saturated carbocycles. The molecule has 0 heterocycles. The first-order valence-electron chi connectivity index (χ1n) is 8.89. The third-order valence-electron chi connectivity index (χ3n) is 5.57. The fraction of sp³-hybridized carbons (Fsp3) is 0.842. The molecule has 0 unspecified atom stereocenters. The standard InChI is InChI=1S/C19H31N/c1-2-3-4-5-6-16-7-11-18(12-8-16)19-13-9-17(15-20)10-14-19/h5-6,16-19H,2-4,7-14H2,1H3/b6-5+/t16-,17-,18-,19-. The van der Waals surface area contributed by atoms with Crippen LogP contribution in [-0.2, 0) is 0 Å². The number of hydrogen-bond acceptors (Lipinski definition) is 1. The number of rotatable bonds is 5. The molecule has 2 fully saturated rings. The summed E-state index contributed by atoms with van der Waals surface area (Å²) in [6, 6.07) is 2.46. The van der Waals surface area contributed by atoms with Gasteiger partial charge in [-0.15, -0.1) is 0 Å². The fourth-order valence-corrected chi connectivity index (χ4v) is 4.14. The monoisotopic (exact) mass is 273 g/mol. The minimum atomic E-state index is 0.365. The van der Waals surface area contributed by atoms with Crippen LogP contribution in [0.2, 0.25) is 0 Å². The maximum absolute atomic E-state index is 8.99. The summed E-state index contributed by atoms with van der Waals surface area (Å²) in [6.45, 7) is 2.26. The summed E-state index contributed by atoms with van der Waals surface area (Å²) in [7, 11) is 0. The van der Waals surface area contributed by atoms with E-state index in [-0.39, 0.29) is 0 Å². The summed E-state index contributed by atoms with van der Waals surface area (Å²) < 4.78 is 0. The van der Waals surface area contributed by atoms with E-state index >= 15 is 0 Å². The number of nitriles is 1. The molecule has 0 radical (unpaired) electrons. The smallest absolute Gasteiger partial charge is 0.0655 e. The first-order chi connectivity index (χ1) is 9.83. The zero-order valence-electron chi connectivity index (χ0n) is 13.2. The van der Waals surface area contributed by atoms with Gasteiger partial charge in [0.25, 0.3) is 0 Å². The molecule has 2 aliphatic rings. The van der Waals surface area contributed by atoms with E-state index in [4.69, 9.17) is 5.26 Å². The molecule has 0 aromatic rings. The van der Waals surface area contributed by atoms with Crippen LogP contribution in [-0.4, -0.2) is 0 Å². The molecule has 0 spiro atoms. The summed E-state index contributed by atoms with van der Waals surface area (Å²) in [5.74, 6) is 3.13. The second-order valence-corrected chi connectivity index (χ2v) is 6.99. The lowest BCUT2D eigenvalue weighted by atomic mass is 9.69. The predicted octanol–water partition coefficient (Wildman–Crippen LogP) is 5.87. The molecule has 0 amide bonds. The second kappa shape index (κ2) is 8.50. The van der Waals surface area contributed by atoms with Crippen molar-refractivity contribution in [3.8, 4) is 6.07 Å². The highest BCUT2D eigenvalue weighted by molar-refractivity contribution is 4.93. The van der Waals surface area contributed by atoms with Crippen molar-refractivity contribution in [3.63, 3.8) is 0 Å². The van der Waals surface area contributed by atoms with Crippen molar-refractivity contribution >= 4 is 0 Å². The molecule has 0 N–H and O–H groups in total. The maximum atomic E-state index is 8.99. The van der Waals surface area contributed by atoms with E-state index < -0.39 is 0 Å². The Labute approximate surface area is 125 Å². The lowest BCUT2D eigenvalue weighted by Gasteiger charge is -2.36. The van der Waals surface area contributed by atoms with Gasteiger partial charge in [0.2, 0.25) is 0 Å². The molecular weight excluding hydrogens is 242 g/mol. The highest BCUT2D eigenvalue weighted by Crippen LogP contribution is 2.41. The average Bonchev–Trinajstić information content (AvgIpc) is 2.52. The number of unbranched alkanes of at least 4 members (excludes halogenated alkanes) is 2. The van der Waals surface area contributed by atoms with Gasteiger partial charge >= 0.3 is 0 Å². The average molecular weight is 273 g/mol. The van der Waals surface area contributed by atoms with Crippen LogP contribution in [0.25, 0.3) is 0 Å². The van der Waals surface area contributed by atoms with Crippen LogP contribution in [0.1, 0.15) is 77.6 Å². The molecule has 0 bridgehead atoms. The number of hydrogen-bond donors (Lipinski definition) is 0. The molecule has 0 aromatic carbocycles. The second-order valence-electron chi connectivity index (χ2n) is 6.99.